The summed E-state index contributed by atoms with van der Waals surface area (Å²) in [4.78, 5) is 22.2. The van der Waals surface area contributed by atoms with E-state index in [1.807, 2.05) is 6.08 Å². The molecule has 3 nitrogen and oxygen atoms in total. The van der Waals surface area contributed by atoms with Crippen LogP contribution < -0.4 is 5.32 Å². The molecule has 0 radical (unpaired) electrons. The molecule has 2 fully saturated rings. The van der Waals surface area contributed by atoms with E-state index in [4.69, 9.17) is 0 Å². The van der Waals surface area contributed by atoms with E-state index in [9.17, 15) is 9.59 Å². The van der Waals surface area contributed by atoms with Gasteiger partial charge in [0.25, 0.3) is 0 Å². The van der Waals surface area contributed by atoms with Crippen molar-refractivity contribution in [2.45, 2.75) is 38.5 Å². The highest BCUT2D eigenvalue weighted by atomic mass is 16.2. The zero-order valence-electron chi connectivity index (χ0n) is 8.21. The van der Waals surface area contributed by atoms with Crippen LogP contribution in [-0.2, 0) is 9.59 Å². The third-order valence-corrected chi connectivity index (χ3v) is 2.95. The molecule has 0 aromatic rings. The molecule has 1 amide bonds. The lowest BCUT2D eigenvalue weighted by Gasteiger charge is -2.18. The van der Waals surface area contributed by atoms with Gasteiger partial charge in [-0.05, 0) is 18.8 Å². The Kier molecular flexibility index (Phi) is 2.66. The average Bonchev–Trinajstić information content (AvgIpc) is 2.47. The Labute approximate surface area is 83.6 Å². The van der Waals surface area contributed by atoms with E-state index in [2.05, 4.69) is 5.32 Å². The molecular weight excluding hydrogens is 178 g/mol. The minimum absolute atomic E-state index is 0.0402. The highest BCUT2D eigenvalue weighted by Crippen LogP contribution is 2.26. The average molecular weight is 193 g/mol. The quantitative estimate of drug-likeness (QED) is 0.507. The van der Waals surface area contributed by atoms with Crippen LogP contribution in [-0.4, -0.2) is 11.7 Å². The van der Waals surface area contributed by atoms with Gasteiger partial charge in [0, 0.05) is 0 Å². The molecule has 1 saturated heterocycles. The molecule has 1 aliphatic carbocycles. The summed E-state index contributed by atoms with van der Waals surface area (Å²) >= 11 is 0. The molecule has 0 aromatic heterocycles. The standard InChI is InChI=1S/C11H15NO2/c13-10-7-11(14)12-9(10)6-8-4-2-1-3-5-8/h6,8H,1-5,7H2,(H,12,14)/b9-6+. The maximum absolute atomic E-state index is 11.3. The number of rotatable bonds is 1. The SMILES string of the molecule is O=C1CC(=O)/C(=C\C2CCCCC2)N1. The van der Waals surface area contributed by atoms with Gasteiger partial charge in [-0.25, -0.2) is 0 Å². The van der Waals surface area contributed by atoms with E-state index >= 15 is 0 Å². The second-order valence-electron chi connectivity index (χ2n) is 4.13. The first-order chi connectivity index (χ1) is 6.75. The normalized spacial score (nSPS) is 27.0. The summed E-state index contributed by atoms with van der Waals surface area (Å²) in [7, 11) is 0. The summed E-state index contributed by atoms with van der Waals surface area (Å²) in [6.07, 6.45) is 8.12. The first kappa shape index (κ1) is 9.44. The molecule has 3 heteroatoms. The molecule has 0 spiro atoms. The minimum Gasteiger partial charge on any atom is -0.323 e. The van der Waals surface area contributed by atoms with Crippen molar-refractivity contribution in [1.82, 2.24) is 5.32 Å². The Bertz CT molecular complexity index is 288. The van der Waals surface area contributed by atoms with Crippen LogP contribution in [0.25, 0.3) is 0 Å². The number of ketones is 1. The maximum Gasteiger partial charge on any atom is 0.232 e. The second-order valence-corrected chi connectivity index (χ2v) is 4.13. The van der Waals surface area contributed by atoms with Crippen molar-refractivity contribution in [3.63, 3.8) is 0 Å². The zero-order valence-corrected chi connectivity index (χ0v) is 8.21. The molecule has 1 aliphatic heterocycles. The molecule has 2 rings (SSSR count). The fraction of sp³-hybridized carbons (Fsp3) is 0.636. The van der Waals surface area contributed by atoms with Crippen LogP contribution in [0, 0.1) is 5.92 Å². The number of Topliss-reactive ketones (excluding diaryl/α,β-unsaturated/α-hetero) is 1. The van der Waals surface area contributed by atoms with Crippen LogP contribution >= 0.6 is 0 Å². The number of amides is 1. The van der Waals surface area contributed by atoms with Crippen LogP contribution in [0.4, 0.5) is 0 Å². The molecule has 1 heterocycles. The molecule has 1 N–H and O–H groups in total. The molecule has 0 unspecified atom stereocenters. The van der Waals surface area contributed by atoms with Gasteiger partial charge in [0.15, 0.2) is 5.78 Å². The van der Waals surface area contributed by atoms with Crippen molar-refractivity contribution >= 4 is 11.7 Å². The first-order valence-corrected chi connectivity index (χ1v) is 5.30. The van der Waals surface area contributed by atoms with Crippen LogP contribution in [0.3, 0.4) is 0 Å². The first-order valence-electron chi connectivity index (χ1n) is 5.30. The number of nitrogens with one attached hydrogen (secondary N) is 1. The molecule has 1 saturated carbocycles. The lowest BCUT2D eigenvalue weighted by molar-refractivity contribution is -0.121. The molecular formula is C11H15NO2. The Hall–Kier alpha value is -1.12. The Balaban J connectivity index is 2.02. The molecule has 0 atom stereocenters. The summed E-state index contributed by atoms with van der Waals surface area (Å²) in [5.74, 6) is 0.304. The van der Waals surface area contributed by atoms with Gasteiger partial charge in [-0.3, -0.25) is 9.59 Å². The molecule has 2 aliphatic rings. The highest BCUT2D eigenvalue weighted by molar-refractivity contribution is 6.14. The fourth-order valence-corrected chi connectivity index (χ4v) is 2.18. The van der Waals surface area contributed by atoms with E-state index in [0.717, 1.165) is 12.8 Å². The van der Waals surface area contributed by atoms with Gasteiger partial charge in [0.05, 0.1) is 12.1 Å². The lowest BCUT2D eigenvalue weighted by Crippen LogP contribution is -2.14. The van der Waals surface area contributed by atoms with E-state index in [1.54, 1.807) is 0 Å². The number of carbonyl (C=O) groups is 2. The molecule has 76 valence electrons. The van der Waals surface area contributed by atoms with Gasteiger partial charge in [-0.2, -0.15) is 0 Å². The summed E-state index contributed by atoms with van der Waals surface area (Å²) in [6, 6.07) is 0. The number of carbonyl (C=O) groups excluding carboxylic acids is 2. The van der Waals surface area contributed by atoms with Crippen molar-refractivity contribution < 1.29 is 9.59 Å². The third-order valence-electron chi connectivity index (χ3n) is 2.95. The van der Waals surface area contributed by atoms with Crippen molar-refractivity contribution in [2.75, 3.05) is 0 Å². The van der Waals surface area contributed by atoms with Crippen LogP contribution in [0.15, 0.2) is 11.8 Å². The molecule has 0 bridgehead atoms. The third kappa shape index (κ3) is 2.03. The van der Waals surface area contributed by atoms with E-state index in [0.29, 0.717) is 11.6 Å². The number of allylic oxidation sites excluding steroid dienone is 2. The van der Waals surface area contributed by atoms with E-state index < -0.39 is 0 Å². The predicted octanol–water partition coefficient (Wildman–Crippen LogP) is 1.54. The van der Waals surface area contributed by atoms with Gasteiger partial charge < -0.3 is 5.32 Å². The highest BCUT2D eigenvalue weighted by Gasteiger charge is 2.25. The topological polar surface area (TPSA) is 46.2 Å². The fourth-order valence-electron chi connectivity index (χ4n) is 2.18. The minimum atomic E-state index is -0.156. The van der Waals surface area contributed by atoms with E-state index in [-0.39, 0.29) is 18.1 Å². The number of hydrogen-bond donors (Lipinski definition) is 1. The Morgan fingerprint density at radius 1 is 1.14 bits per heavy atom. The zero-order chi connectivity index (χ0) is 9.97. The van der Waals surface area contributed by atoms with Crippen molar-refractivity contribution in [2.24, 2.45) is 5.92 Å². The smallest absolute Gasteiger partial charge is 0.232 e. The lowest BCUT2D eigenvalue weighted by atomic mass is 9.88. The van der Waals surface area contributed by atoms with Crippen molar-refractivity contribution in [1.29, 1.82) is 0 Å². The Morgan fingerprint density at radius 3 is 2.43 bits per heavy atom. The molecule has 0 aromatic carbocycles. The predicted molar refractivity (Wildman–Crippen MR) is 52.4 cm³/mol. The summed E-state index contributed by atoms with van der Waals surface area (Å²) in [6.45, 7) is 0. The second kappa shape index (κ2) is 3.95. The van der Waals surface area contributed by atoms with Crippen molar-refractivity contribution in [3.8, 4) is 0 Å². The van der Waals surface area contributed by atoms with Crippen LogP contribution in [0.5, 0.6) is 0 Å². The van der Waals surface area contributed by atoms with E-state index in [1.165, 1.54) is 19.3 Å². The number of hydrogen-bond acceptors (Lipinski definition) is 2. The van der Waals surface area contributed by atoms with Crippen LogP contribution in [0.2, 0.25) is 0 Å². The summed E-state index contributed by atoms with van der Waals surface area (Å²) in [5.41, 5.74) is 0.543. The van der Waals surface area contributed by atoms with Gasteiger partial charge in [0.1, 0.15) is 0 Å². The van der Waals surface area contributed by atoms with Gasteiger partial charge in [0.2, 0.25) is 5.91 Å². The summed E-state index contributed by atoms with van der Waals surface area (Å²) in [5, 5.41) is 2.62. The Morgan fingerprint density at radius 2 is 1.86 bits per heavy atom. The maximum atomic E-state index is 11.3. The summed E-state index contributed by atoms with van der Waals surface area (Å²) < 4.78 is 0. The van der Waals surface area contributed by atoms with Gasteiger partial charge in [-0.1, -0.05) is 25.3 Å². The molecule has 14 heavy (non-hydrogen) atoms. The van der Waals surface area contributed by atoms with Gasteiger partial charge >= 0.3 is 0 Å². The largest absolute Gasteiger partial charge is 0.323 e. The van der Waals surface area contributed by atoms with Crippen LogP contribution in [0.1, 0.15) is 38.5 Å². The van der Waals surface area contributed by atoms with Crippen molar-refractivity contribution in [3.05, 3.63) is 11.8 Å². The monoisotopic (exact) mass is 193 g/mol. The van der Waals surface area contributed by atoms with Gasteiger partial charge in [-0.15, -0.1) is 0 Å².